The minimum Gasteiger partial charge on any atom is -0.464 e. The molecule has 0 saturated carbocycles. The van der Waals surface area contributed by atoms with Crippen molar-refractivity contribution >= 4 is 27.5 Å². The van der Waals surface area contributed by atoms with Gasteiger partial charge < -0.3 is 4.74 Å². The Morgan fingerprint density at radius 2 is 2.00 bits per heavy atom. The maximum atomic E-state index is 12.8. The van der Waals surface area contributed by atoms with Crippen LogP contribution in [0.25, 0.3) is 20.7 Å². The zero-order valence-electron chi connectivity index (χ0n) is 13.6. The molecule has 0 amide bonds. The fraction of sp³-hybridized carbons (Fsp3) is 0.294. The van der Waals surface area contributed by atoms with Crippen LogP contribution in [-0.4, -0.2) is 27.6 Å². The van der Waals surface area contributed by atoms with E-state index in [2.05, 4.69) is 10.3 Å². The van der Waals surface area contributed by atoms with Gasteiger partial charge in [-0.2, -0.15) is 4.68 Å². The lowest BCUT2D eigenvalue weighted by molar-refractivity contribution is -0.152. The molecule has 2 aromatic heterocycles. The second-order valence-electron chi connectivity index (χ2n) is 5.78. The number of rotatable bonds is 4. The largest absolute Gasteiger partial charge is 0.464 e. The van der Waals surface area contributed by atoms with Crippen molar-refractivity contribution in [3.05, 3.63) is 46.8 Å². The standard InChI is InChI=1S/C17H17N3O3S/c1-4-23-16(22)17(2,3)20-15(21)12-10-13(24-14(12)18-19-20)11-8-6-5-7-9-11/h5-10H,4H2,1-3H3. The molecule has 0 fully saturated rings. The first-order valence-electron chi connectivity index (χ1n) is 7.58. The van der Waals surface area contributed by atoms with E-state index in [1.54, 1.807) is 26.8 Å². The summed E-state index contributed by atoms with van der Waals surface area (Å²) in [6.07, 6.45) is 0. The summed E-state index contributed by atoms with van der Waals surface area (Å²) in [6.45, 7) is 5.15. The minimum absolute atomic E-state index is 0.239. The molecule has 24 heavy (non-hydrogen) atoms. The summed E-state index contributed by atoms with van der Waals surface area (Å²) >= 11 is 1.40. The van der Waals surface area contributed by atoms with E-state index in [0.717, 1.165) is 15.1 Å². The summed E-state index contributed by atoms with van der Waals surface area (Å²) in [7, 11) is 0. The quantitative estimate of drug-likeness (QED) is 0.681. The highest BCUT2D eigenvalue weighted by Crippen LogP contribution is 2.30. The Kier molecular flexibility index (Phi) is 4.19. The van der Waals surface area contributed by atoms with Crippen LogP contribution in [0.4, 0.5) is 0 Å². The molecule has 0 aliphatic rings. The number of thiophene rings is 1. The van der Waals surface area contributed by atoms with Gasteiger partial charge in [-0.1, -0.05) is 35.5 Å². The van der Waals surface area contributed by atoms with Crippen LogP contribution in [0.15, 0.2) is 41.2 Å². The normalized spacial score (nSPS) is 11.6. The molecule has 0 unspecified atom stereocenters. The molecular weight excluding hydrogens is 326 g/mol. The molecule has 2 heterocycles. The average molecular weight is 343 g/mol. The smallest absolute Gasteiger partial charge is 0.333 e. The van der Waals surface area contributed by atoms with Gasteiger partial charge in [-0.15, -0.1) is 16.4 Å². The second-order valence-corrected chi connectivity index (χ2v) is 6.81. The molecule has 0 bridgehead atoms. The predicted molar refractivity (Wildman–Crippen MR) is 93.1 cm³/mol. The molecule has 3 rings (SSSR count). The zero-order valence-corrected chi connectivity index (χ0v) is 14.5. The van der Waals surface area contributed by atoms with Crippen molar-refractivity contribution in [2.75, 3.05) is 6.61 Å². The van der Waals surface area contributed by atoms with Gasteiger partial charge in [0.2, 0.25) is 0 Å². The molecule has 0 N–H and O–H groups in total. The molecule has 3 aromatic rings. The lowest BCUT2D eigenvalue weighted by Gasteiger charge is -2.22. The molecular formula is C17H17N3O3S. The number of fused-ring (bicyclic) bond motifs is 1. The first-order chi connectivity index (χ1) is 11.4. The van der Waals surface area contributed by atoms with E-state index in [1.807, 2.05) is 30.3 Å². The molecule has 0 saturated heterocycles. The number of ether oxygens (including phenoxy) is 1. The van der Waals surface area contributed by atoms with Gasteiger partial charge in [0, 0.05) is 4.88 Å². The monoisotopic (exact) mass is 343 g/mol. The lowest BCUT2D eigenvalue weighted by Crippen LogP contribution is -2.45. The van der Waals surface area contributed by atoms with E-state index in [0.29, 0.717) is 10.2 Å². The van der Waals surface area contributed by atoms with Crippen LogP contribution in [0.1, 0.15) is 20.8 Å². The Hall–Kier alpha value is -2.54. The topological polar surface area (TPSA) is 74.1 Å². The maximum Gasteiger partial charge on any atom is 0.333 e. The lowest BCUT2D eigenvalue weighted by atomic mass is 10.1. The molecule has 0 aliphatic heterocycles. The van der Waals surface area contributed by atoms with Crippen LogP contribution in [0, 0.1) is 0 Å². The summed E-state index contributed by atoms with van der Waals surface area (Å²) < 4.78 is 6.13. The summed E-state index contributed by atoms with van der Waals surface area (Å²) in [5.41, 5.74) is -0.559. The number of carbonyl (C=O) groups is 1. The number of carbonyl (C=O) groups excluding carboxylic acids is 1. The van der Waals surface area contributed by atoms with Gasteiger partial charge in [0.05, 0.1) is 12.0 Å². The van der Waals surface area contributed by atoms with Crippen molar-refractivity contribution in [3.8, 4) is 10.4 Å². The van der Waals surface area contributed by atoms with Crippen molar-refractivity contribution < 1.29 is 9.53 Å². The predicted octanol–water partition coefficient (Wildman–Crippen LogP) is 2.82. The van der Waals surface area contributed by atoms with Crippen LogP contribution < -0.4 is 5.56 Å². The molecule has 0 aliphatic carbocycles. The number of hydrogen-bond donors (Lipinski definition) is 0. The van der Waals surface area contributed by atoms with Gasteiger partial charge in [-0.05, 0) is 32.4 Å². The van der Waals surface area contributed by atoms with Crippen LogP contribution >= 0.6 is 11.3 Å². The van der Waals surface area contributed by atoms with E-state index in [9.17, 15) is 9.59 Å². The highest BCUT2D eigenvalue weighted by molar-refractivity contribution is 7.21. The Morgan fingerprint density at radius 3 is 2.67 bits per heavy atom. The maximum absolute atomic E-state index is 12.8. The highest BCUT2D eigenvalue weighted by atomic mass is 32.1. The van der Waals surface area contributed by atoms with Crippen molar-refractivity contribution in [3.63, 3.8) is 0 Å². The van der Waals surface area contributed by atoms with Crippen LogP contribution in [0.2, 0.25) is 0 Å². The molecule has 124 valence electrons. The third-order valence-corrected chi connectivity index (χ3v) is 4.79. The number of nitrogens with zero attached hydrogens (tertiary/aromatic N) is 3. The molecule has 1 aromatic carbocycles. The van der Waals surface area contributed by atoms with Crippen LogP contribution in [-0.2, 0) is 15.1 Å². The van der Waals surface area contributed by atoms with Gasteiger partial charge >= 0.3 is 5.97 Å². The number of hydrogen-bond acceptors (Lipinski definition) is 6. The van der Waals surface area contributed by atoms with Gasteiger partial charge in [0.1, 0.15) is 0 Å². The molecule has 0 radical (unpaired) electrons. The van der Waals surface area contributed by atoms with Crippen LogP contribution in [0.3, 0.4) is 0 Å². The van der Waals surface area contributed by atoms with Crippen molar-refractivity contribution in [1.29, 1.82) is 0 Å². The third-order valence-electron chi connectivity index (χ3n) is 3.72. The Labute approximate surface area is 142 Å². The Bertz CT molecular complexity index is 945. The number of aromatic nitrogens is 3. The second kappa shape index (κ2) is 6.16. The van der Waals surface area contributed by atoms with Gasteiger partial charge in [0.15, 0.2) is 10.4 Å². The van der Waals surface area contributed by atoms with E-state index >= 15 is 0 Å². The highest BCUT2D eigenvalue weighted by Gasteiger charge is 2.34. The Morgan fingerprint density at radius 1 is 1.29 bits per heavy atom. The van der Waals surface area contributed by atoms with E-state index in [-0.39, 0.29) is 12.2 Å². The summed E-state index contributed by atoms with van der Waals surface area (Å²) in [6, 6.07) is 11.6. The molecule has 7 heteroatoms. The summed E-state index contributed by atoms with van der Waals surface area (Å²) in [4.78, 5) is 26.4. The van der Waals surface area contributed by atoms with Crippen molar-refractivity contribution in [1.82, 2.24) is 15.0 Å². The Balaban J connectivity index is 2.12. The van der Waals surface area contributed by atoms with Crippen molar-refractivity contribution in [2.45, 2.75) is 26.3 Å². The first-order valence-corrected chi connectivity index (χ1v) is 8.39. The number of esters is 1. The number of benzene rings is 1. The van der Waals surface area contributed by atoms with E-state index in [4.69, 9.17) is 4.74 Å². The minimum atomic E-state index is -1.22. The van der Waals surface area contributed by atoms with Crippen molar-refractivity contribution in [2.24, 2.45) is 0 Å². The third kappa shape index (κ3) is 2.71. The van der Waals surface area contributed by atoms with E-state index < -0.39 is 11.5 Å². The van der Waals surface area contributed by atoms with E-state index in [1.165, 1.54) is 11.3 Å². The fourth-order valence-corrected chi connectivity index (χ4v) is 3.33. The van der Waals surface area contributed by atoms with Gasteiger partial charge in [-0.25, -0.2) is 4.79 Å². The zero-order chi connectivity index (χ0) is 17.3. The average Bonchev–Trinajstić information content (AvgIpc) is 3.01. The first kappa shape index (κ1) is 16.3. The SMILES string of the molecule is CCOC(=O)C(C)(C)n1nnc2sc(-c3ccccc3)cc2c1=O. The summed E-state index contributed by atoms with van der Waals surface area (Å²) in [5.74, 6) is -0.515. The molecule has 6 nitrogen and oxygen atoms in total. The fourth-order valence-electron chi connectivity index (χ4n) is 2.35. The molecule has 0 atom stereocenters. The van der Waals surface area contributed by atoms with Crippen LogP contribution in [0.5, 0.6) is 0 Å². The summed E-state index contributed by atoms with van der Waals surface area (Å²) in [5, 5.41) is 8.52. The molecule has 0 spiro atoms. The van der Waals surface area contributed by atoms with Gasteiger partial charge in [-0.3, -0.25) is 4.79 Å². The van der Waals surface area contributed by atoms with Gasteiger partial charge in [0.25, 0.3) is 5.56 Å².